The largest absolute Gasteiger partial charge is 0.387 e. The molecule has 7 nitrogen and oxygen atoms in total. The number of carbonyl (C=O) groups is 1. The number of hydrogen-bond acceptors (Lipinski definition) is 4. The number of aliphatic hydroxyl groups is 1. The van der Waals surface area contributed by atoms with Gasteiger partial charge in [0.05, 0.1) is 17.1 Å². The van der Waals surface area contributed by atoms with Crippen molar-refractivity contribution >= 4 is 16.8 Å². The molecule has 2 aromatic heterocycles. The molecule has 0 spiro atoms. The second kappa shape index (κ2) is 7.79. The van der Waals surface area contributed by atoms with Crippen molar-refractivity contribution < 1.29 is 14.3 Å². The van der Waals surface area contributed by atoms with Crippen LogP contribution in [0, 0.1) is 5.82 Å². The Labute approximate surface area is 166 Å². The molecule has 4 rings (SSSR count). The number of aliphatic hydroxyl groups excluding tert-OH is 1. The molecule has 29 heavy (non-hydrogen) atoms. The van der Waals surface area contributed by atoms with Gasteiger partial charge in [-0.2, -0.15) is 5.10 Å². The van der Waals surface area contributed by atoms with Gasteiger partial charge in [-0.25, -0.2) is 4.39 Å². The number of benzene rings is 1. The van der Waals surface area contributed by atoms with Gasteiger partial charge < -0.3 is 15.0 Å². The second-order valence-electron chi connectivity index (χ2n) is 7.32. The molecule has 0 saturated carbocycles. The Morgan fingerprint density at radius 3 is 2.72 bits per heavy atom. The van der Waals surface area contributed by atoms with Crippen molar-refractivity contribution in [2.45, 2.75) is 32.2 Å². The summed E-state index contributed by atoms with van der Waals surface area (Å²) in [6, 6.07) is 6.84. The number of fused-ring (bicyclic) bond motifs is 1. The first-order valence-electron chi connectivity index (χ1n) is 9.79. The number of hydrogen-bond donors (Lipinski definition) is 2. The Kier molecular flexibility index (Phi) is 5.19. The summed E-state index contributed by atoms with van der Waals surface area (Å²) in [6.45, 7) is 3.12. The van der Waals surface area contributed by atoms with Crippen molar-refractivity contribution in [2.75, 3.05) is 19.7 Å². The van der Waals surface area contributed by atoms with Gasteiger partial charge in [0.2, 0.25) is 5.91 Å². The third kappa shape index (κ3) is 3.55. The summed E-state index contributed by atoms with van der Waals surface area (Å²) >= 11 is 0. The SMILES string of the molecule is CCn1ncc2c(F)cc(-c3ccc(C4CCN(C(=O)CO)CC4)c(=O)[nH]3)cc21. The number of piperidine rings is 1. The highest BCUT2D eigenvalue weighted by molar-refractivity contribution is 5.84. The van der Waals surface area contributed by atoms with Gasteiger partial charge in [-0.1, -0.05) is 6.07 Å². The molecule has 0 atom stereocenters. The fourth-order valence-corrected chi connectivity index (χ4v) is 4.06. The van der Waals surface area contributed by atoms with E-state index < -0.39 is 6.61 Å². The zero-order valence-corrected chi connectivity index (χ0v) is 16.2. The number of halogens is 1. The third-order valence-electron chi connectivity index (χ3n) is 5.69. The predicted octanol–water partition coefficient (Wildman–Crippen LogP) is 2.25. The van der Waals surface area contributed by atoms with Crippen LogP contribution in [0.1, 0.15) is 31.2 Å². The molecule has 8 heteroatoms. The highest BCUT2D eigenvalue weighted by Gasteiger charge is 2.25. The lowest BCUT2D eigenvalue weighted by Crippen LogP contribution is -2.40. The number of amides is 1. The van der Waals surface area contributed by atoms with Crippen LogP contribution in [0.25, 0.3) is 22.2 Å². The van der Waals surface area contributed by atoms with E-state index in [4.69, 9.17) is 5.11 Å². The molecule has 2 N–H and O–H groups in total. The van der Waals surface area contributed by atoms with E-state index in [1.165, 1.54) is 12.3 Å². The summed E-state index contributed by atoms with van der Waals surface area (Å²) in [7, 11) is 0. The summed E-state index contributed by atoms with van der Waals surface area (Å²) in [6.07, 6.45) is 2.85. The van der Waals surface area contributed by atoms with E-state index in [0.717, 1.165) is 0 Å². The van der Waals surface area contributed by atoms with Crippen LogP contribution in [0.5, 0.6) is 0 Å². The zero-order valence-electron chi connectivity index (χ0n) is 16.2. The molecule has 0 bridgehead atoms. The van der Waals surface area contributed by atoms with E-state index in [2.05, 4.69) is 10.1 Å². The fourth-order valence-electron chi connectivity index (χ4n) is 4.06. The second-order valence-corrected chi connectivity index (χ2v) is 7.32. The molecular weight excluding hydrogens is 375 g/mol. The number of rotatable bonds is 4. The number of likely N-dealkylation sites (tertiary alicyclic amines) is 1. The van der Waals surface area contributed by atoms with Gasteiger partial charge >= 0.3 is 0 Å². The Bertz CT molecular complexity index is 1110. The molecule has 1 aromatic carbocycles. The molecule has 0 unspecified atom stereocenters. The molecule has 0 radical (unpaired) electrons. The lowest BCUT2D eigenvalue weighted by Gasteiger charge is -2.31. The fraction of sp³-hybridized carbons (Fsp3) is 0.381. The van der Waals surface area contributed by atoms with Crippen LogP contribution in [-0.2, 0) is 11.3 Å². The molecule has 1 fully saturated rings. The minimum absolute atomic E-state index is 0.0521. The van der Waals surface area contributed by atoms with Gasteiger partial charge in [0.1, 0.15) is 12.4 Å². The monoisotopic (exact) mass is 398 g/mol. The van der Waals surface area contributed by atoms with Crippen LogP contribution < -0.4 is 5.56 Å². The highest BCUT2D eigenvalue weighted by Crippen LogP contribution is 2.29. The summed E-state index contributed by atoms with van der Waals surface area (Å²) < 4.78 is 16.2. The first kappa shape index (κ1) is 19.3. The maximum absolute atomic E-state index is 14.5. The minimum Gasteiger partial charge on any atom is -0.387 e. The Morgan fingerprint density at radius 2 is 2.07 bits per heavy atom. The number of aromatic amines is 1. The van der Waals surface area contributed by atoms with E-state index in [9.17, 15) is 14.0 Å². The number of aryl methyl sites for hydroxylation is 1. The van der Waals surface area contributed by atoms with Gasteiger partial charge in [-0.05, 0) is 43.9 Å². The van der Waals surface area contributed by atoms with Gasteiger partial charge in [-0.15, -0.1) is 0 Å². The molecule has 152 valence electrons. The molecule has 0 aliphatic carbocycles. The van der Waals surface area contributed by atoms with Gasteiger partial charge in [0.15, 0.2) is 0 Å². The van der Waals surface area contributed by atoms with Crippen LogP contribution in [0.3, 0.4) is 0 Å². The molecule has 3 heterocycles. The first-order valence-corrected chi connectivity index (χ1v) is 9.79. The van der Waals surface area contributed by atoms with Gasteiger partial charge in [0, 0.05) is 36.5 Å². The maximum Gasteiger partial charge on any atom is 0.251 e. The van der Waals surface area contributed by atoms with Crippen LogP contribution in [0.2, 0.25) is 0 Å². The molecule has 1 amide bonds. The molecule has 1 aliphatic heterocycles. The number of nitrogens with zero attached hydrogens (tertiary/aromatic N) is 3. The van der Waals surface area contributed by atoms with Crippen molar-refractivity contribution in [1.82, 2.24) is 19.7 Å². The molecule has 3 aromatic rings. The average Bonchev–Trinajstić information content (AvgIpc) is 3.17. The van der Waals surface area contributed by atoms with Crippen molar-refractivity contribution in [3.8, 4) is 11.3 Å². The highest BCUT2D eigenvalue weighted by atomic mass is 19.1. The Hall–Kier alpha value is -3.00. The predicted molar refractivity (Wildman–Crippen MR) is 107 cm³/mol. The minimum atomic E-state index is -0.488. The van der Waals surface area contributed by atoms with Crippen molar-refractivity contribution in [3.05, 3.63) is 52.2 Å². The van der Waals surface area contributed by atoms with Crippen LogP contribution in [0.4, 0.5) is 4.39 Å². The van der Waals surface area contributed by atoms with Crippen molar-refractivity contribution in [3.63, 3.8) is 0 Å². The Morgan fingerprint density at radius 1 is 1.31 bits per heavy atom. The van der Waals surface area contributed by atoms with Crippen LogP contribution in [0.15, 0.2) is 35.3 Å². The number of nitrogens with one attached hydrogen (secondary N) is 1. The third-order valence-corrected chi connectivity index (χ3v) is 5.69. The van der Waals surface area contributed by atoms with E-state index in [1.807, 2.05) is 13.0 Å². The maximum atomic E-state index is 14.5. The smallest absolute Gasteiger partial charge is 0.251 e. The number of aromatic nitrogens is 3. The molecule has 1 saturated heterocycles. The summed E-state index contributed by atoms with van der Waals surface area (Å²) in [5.41, 5.74) is 2.31. The lowest BCUT2D eigenvalue weighted by molar-refractivity contribution is -0.135. The lowest BCUT2D eigenvalue weighted by atomic mass is 9.90. The zero-order chi connectivity index (χ0) is 20.5. The van der Waals surface area contributed by atoms with Crippen molar-refractivity contribution in [1.29, 1.82) is 0 Å². The standard InChI is InChI=1S/C21H23FN4O3/c1-2-26-19-10-14(9-17(22)16(19)11-23-26)18-4-3-15(21(29)24-18)13-5-7-25(8-6-13)20(28)12-27/h3-4,9-11,13,27H,2,5-8,12H2,1H3,(H,24,29). The van der Waals surface area contributed by atoms with E-state index in [-0.39, 0.29) is 23.2 Å². The number of carbonyl (C=O) groups excluding carboxylic acids is 1. The van der Waals surface area contributed by atoms with Crippen LogP contribution in [-0.4, -0.2) is 50.4 Å². The topological polar surface area (TPSA) is 91.2 Å². The average molecular weight is 398 g/mol. The number of pyridine rings is 1. The van der Waals surface area contributed by atoms with Crippen LogP contribution >= 0.6 is 0 Å². The molecular formula is C21H23FN4O3. The van der Waals surface area contributed by atoms with E-state index in [0.29, 0.717) is 60.2 Å². The normalized spacial score (nSPS) is 15.2. The quantitative estimate of drug-likeness (QED) is 0.705. The summed E-state index contributed by atoms with van der Waals surface area (Å²) in [4.78, 5) is 28.8. The van der Waals surface area contributed by atoms with Gasteiger partial charge in [0.25, 0.3) is 5.56 Å². The summed E-state index contributed by atoms with van der Waals surface area (Å²) in [5.74, 6) is -0.601. The number of H-pyrrole nitrogens is 1. The van der Waals surface area contributed by atoms with E-state index in [1.54, 1.807) is 21.7 Å². The van der Waals surface area contributed by atoms with Gasteiger partial charge in [-0.3, -0.25) is 14.3 Å². The van der Waals surface area contributed by atoms with Crippen molar-refractivity contribution in [2.24, 2.45) is 0 Å². The molecule has 1 aliphatic rings. The Balaban J connectivity index is 1.61. The van der Waals surface area contributed by atoms with E-state index >= 15 is 0 Å². The first-order chi connectivity index (χ1) is 14.0. The summed E-state index contributed by atoms with van der Waals surface area (Å²) in [5, 5.41) is 13.6.